The lowest BCUT2D eigenvalue weighted by atomic mass is 10.1. The Morgan fingerprint density at radius 3 is 1.61 bits per heavy atom. The Labute approximate surface area is 436 Å². The third-order valence-corrected chi connectivity index (χ3v) is 13.1. The minimum Gasteiger partial charge on any atom is -0.493 e. The van der Waals surface area contributed by atoms with Gasteiger partial charge in [0, 0.05) is 103 Å². The molecule has 0 bridgehead atoms. The van der Waals surface area contributed by atoms with Gasteiger partial charge in [-0.05, 0) is 73.4 Å². The lowest BCUT2D eigenvalue weighted by molar-refractivity contribution is -0.116. The lowest BCUT2D eigenvalue weighted by Gasteiger charge is -2.20. The van der Waals surface area contributed by atoms with E-state index in [0.717, 1.165) is 24.0 Å². The maximum Gasteiger partial charge on any atom is 0.354 e. The Balaban J connectivity index is 0.745. The topological polar surface area (TPSA) is 248 Å². The molecule has 1 saturated heterocycles. The van der Waals surface area contributed by atoms with E-state index in [0.29, 0.717) is 69.8 Å². The Hall–Kier alpha value is -9.60. The quantitative estimate of drug-likeness (QED) is 0.0463. The highest BCUT2D eigenvalue weighted by Gasteiger charge is 2.33. The van der Waals surface area contributed by atoms with Crippen LogP contribution in [0.5, 0.6) is 11.5 Å². The average Bonchev–Trinajstić information content (AvgIpc) is 4.27. The molecule has 9 rings (SSSR count). The SMILES string of the molecule is COC(=O)c1cc(NC(=O)c2cc(NC(=O)c3cc(NC(=O)c4cc(NC(=O)c5cc(-c6ccc(NC(=O)CCCOc7cc8c(cc7OC)C(=O)N7CCCC7C=N8)cc6)cn5C)cn4C)cn3C)cn2C)cn1C. The monoisotopic (exact) mass is 1030 g/mol. The zero-order valence-corrected chi connectivity index (χ0v) is 42.8. The van der Waals surface area contributed by atoms with Crippen LogP contribution >= 0.6 is 0 Å². The summed E-state index contributed by atoms with van der Waals surface area (Å²) < 4.78 is 24.2. The fraction of sp³-hybridized carbons (Fsp3) is 0.259. The zero-order chi connectivity index (χ0) is 53.9. The molecule has 5 N–H and O–H groups in total. The number of methoxy groups -OCH3 is 2. The first kappa shape index (κ1) is 51.3. The summed E-state index contributed by atoms with van der Waals surface area (Å²) in [6.45, 7) is 0.936. The van der Waals surface area contributed by atoms with E-state index >= 15 is 0 Å². The molecule has 7 aromatic rings. The van der Waals surface area contributed by atoms with E-state index in [1.807, 2.05) is 29.4 Å². The summed E-state index contributed by atoms with van der Waals surface area (Å²) in [7, 11) is 11.2. The molecule has 0 spiro atoms. The van der Waals surface area contributed by atoms with Gasteiger partial charge >= 0.3 is 5.97 Å². The Morgan fingerprint density at radius 2 is 1.08 bits per heavy atom. The number of carbonyl (C=O) groups excluding carboxylic acids is 7. The number of aryl methyl sites for hydroxylation is 5. The molecule has 1 atom stereocenters. The first-order chi connectivity index (χ1) is 36.5. The molecule has 1 unspecified atom stereocenters. The number of amides is 6. The highest BCUT2D eigenvalue weighted by Crippen LogP contribution is 2.38. The number of esters is 1. The Morgan fingerprint density at radius 1 is 0.579 bits per heavy atom. The molecular formula is C54H56N12O10. The molecule has 22 nitrogen and oxygen atoms in total. The van der Waals surface area contributed by atoms with Crippen LogP contribution in [0.25, 0.3) is 11.1 Å². The number of nitrogens with zero attached hydrogens (tertiary/aromatic N) is 7. The molecule has 0 aliphatic carbocycles. The van der Waals surface area contributed by atoms with Gasteiger partial charge in [-0.15, -0.1) is 0 Å². The van der Waals surface area contributed by atoms with Gasteiger partial charge in [0.05, 0.1) is 60.9 Å². The molecule has 2 aromatic carbocycles. The zero-order valence-electron chi connectivity index (χ0n) is 42.8. The van der Waals surface area contributed by atoms with Crippen molar-refractivity contribution in [3.63, 3.8) is 0 Å². The lowest BCUT2D eigenvalue weighted by Crippen LogP contribution is -2.35. The van der Waals surface area contributed by atoms with Crippen molar-refractivity contribution in [2.75, 3.05) is 54.0 Å². The van der Waals surface area contributed by atoms with E-state index in [2.05, 4.69) is 31.6 Å². The van der Waals surface area contributed by atoms with Gasteiger partial charge in [-0.3, -0.25) is 33.8 Å². The number of aliphatic imine (C=N–C) groups is 1. The van der Waals surface area contributed by atoms with E-state index < -0.39 is 29.6 Å². The molecule has 0 saturated carbocycles. The van der Waals surface area contributed by atoms with Crippen molar-refractivity contribution in [1.29, 1.82) is 0 Å². The van der Waals surface area contributed by atoms with Crippen LogP contribution in [0.4, 0.5) is 34.1 Å². The second-order valence-electron chi connectivity index (χ2n) is 18.5. The molecule has 2 aliphatic rings. The van der Waals surface area contributed by atoms with Crippen molar-refractivity contribution in [1.82, 2.24) is 27.7 Å². The number of nitrogens with one attached hydrogen (secondary N) is 5. The minimum absolute atomic E-state index is 0.0103. The van der Waals surface area contributed by atoms with Crippen molar-refractivity contribution in [3.8, 4) is 22.6 Å². The molecule has 6 amide bonds. The first-order valence-electron chi connectivity index (χ1n) is 24.2. The molecule has 2 aliphatic heterocycles. The summed E-state index contributed by atoms with van der Waals surface area (Å²) in [5, 5.41) is 14.1. The third kappa shape index (κ3) is 10.9. The molecule has 0 radical (unpaired) electrons. The van der Waals surface area contributed by atoms with Gasteiger partial charge < -0.3 is 68.5 Å². The predicted molar refractivity (Wildman–Crippen MR) is 284 cm³/mol. The first-order valence-corrected chi connectivity index (χ1v) is 24.2. The maximum atomic E-state index is 13.6. The van der Waals surface area contributed by atoms with Crippen LogP contribution in [0.2, 0.25) is 0 Å². The van der Waals surface area contributed by atoms with Gasteiger partial charge in [0.2, 0.25) is 5.91 Å². The second kappa shape index (κ2) is 21.5. The van der Waals surface area contributed by atoms with Crippen LogP contribution in [0, 0.1) is 0 Å². The highest BCUT2D eigenvalue weighted by molar-refractivity contribution is 6.10. The number of hydrogen-bond donors (Lipinski definition) is 5. The van der Waals surface area contributed by atoms with Gasteiger partial charge in [0.25, 0.3) is 29.5 Å². The van der Waals surface area contributed by atoms with E-state index in [1.165, 1.54) is 37.0 Å². The van der Waals surface area contributed by atoms with E-state index in [9.17, 15) is 33.6 Å². The minimum atomic E-state index is -0.549. The Kier molecular flexibility index (Phi) is 14.5. The molecule has 5 aromatic heterocycles. The van der Waals surface area contributed by atoms with Gasteiger partial charge in [0.15, 0.2) is 11.5 Å². The van der Waals surface area contributed by atoms with Crippen LogP contribution in [-0.2, 0) is 44.8 Å². The van der Waals surface area contributed by atoms with E-state index in [-0.39, 0.29) is 53.7 Å². The number of fused-ring (bicyclic) bond motifs is 2. The maximum absolute atomic E-state index is 13.6. The summed E-state index contributed by atoms with van der Waals surface area (Å²) >= 11 is 0. The van der Waals surface area contributed by atoms with Gasteiger partial charge in [-0.2, -0.15) is 0 Å². The van der Waals surface area contributed by atoms with Crippen LogP contribution < -0.4 is 36.1 Å². The van der Waals surface area contributed by atoms with Gasteiger partial charge in [0.1, 0.15) is 28.5 Å². The van der Waals surface area contributed by atoms with Gasteiger partial charge in [-0.1, -0.05) is 12.1 Å². The van der Waals surface area contributed by atoms with E-state index in [1.54, 1.807) is 115 Å². The molecule has 76 heavy (non-hydrogen) atoms. The van der Waals surface area contributed by atoms with Crippen molar-refractivity contribution in [3.05, 3.63) is 132 Å². The number of aromatic nitrogens is 5. The summed E-state index contributed by atoms with van der Waals surface area (Å²) in [5.74, 6) is -1.79. The number of benzene rings is 2. The smallest absolute Gasteiger partial charge is 0.354 e. The van der Waals surface area contributed by atoms with Crippen molar-refractivity contribution in [2.45, 2.75) is 31.7 Å². The largest absolute Gasteiger partial charge is 0.493 e. The summed E-state index contributed by atoms with van der Waals surface area (Å²) in [5.41, 5.74) is 5.98. The fourth-order valence-electron chi connectivity index (χ4n) is 9.25. The predicted octanol–water partition coefficient (Wildman–Crippen LogP) is 6.97. The molecule has 392 valence electrons. The number of rotatable bonds is 17. The van der Waals surface area contributed by atoms with Crippen molar-refractivity contribution in [2.24, 2.45) is 40.2 Å². The van der Waals surface area contributed by atoms with E-state index in [4.69, 9.17) is 14.2 Å². The normalized spacial score (nSPS) is 13.6. The summed E-state index contributed by atoms with van der Waals surface area (Å²) in [6.07, 6.45) is 12.5. The van der Waals surface area contributed by atoms with Crippen LogP contribution in [-0.4, -0.2) is 109 Å². The molecular weight excluding hydrogens is 977 g/mol. The van der Waals surface area contributed by atoms with Crippen LogP contribution in [0.3, 0.4) is 0 Å². The fourth-order valence-corrected chi connectivity index (χ4v) is 9.25. The second-order valence-corrected chi connectivity index (χ2v) is 18.5. The molecule has 22 heteroatoms. The van der Waals surface area contributed by atoms with Crippen molar-refractivity contribution < 1.29 is 47.8 Å². The number of hydrogen-bond acceptors (Lipinski definition) is 11. The average molecular weight is 1030 g/mol. The highest BCUT2D eigenvalue weighted by atomic mass is 16.5. The number of carbonyl (C=O) groups is 7. The molecule has 1 fully saturated rings. The summed E-state index contributed by atoms with van der Waals surface area (Å²) in [4.78, 5) is 98.1. The summed E-state index contributed by atoms with van der Waals surface area (Å²) in [6, 6.07) is 18.5. The standard InChI is InChI=1S/C54H56N12O10/c1-61-26-32(31-12-14-33(15-13-31)56-48(67)11-9-17-76-47-24-40-39(23-46(47)74-6)53(72)66-16-8-10-38(66)25-55-40)18-41(61)49(68)57-34-19-42(62(2)27-34)50(69)58-35-20-43(63(3)28-35)51(70)59-36-21-44(64(4)29-36)52(71)60-37-22-45(54(73)75-7)65(5)30-37/h12-15,18-30,38H,8-11,16-17H2,1-7H3,(H,56,67)(H,57,68)(H,58,69)(H,59,70)(H,60,71). The Bertz CT molecular complexity index is 3480. The van der Waals surface area contributed by atoms with Crippen LogP contribution in [0.15, 0.2) is 103 Å². The van der Waals surface area contributed by atoms with Crippen LogP contribution in [0.1, 0.15) is 88.5 Å². The van der Waals surface area contributed by atoms with Gasteiger partial charge in [-0.25, -0.2) is 4.79 Å². The number of anilines is 5. The molecule has 7 heterocycles. The third-order valence-electron chi connectivity index (χ3n) is 13.1. The number of ether oxygens (including phenoxy) is 3. The van der Waals surface area contributed by atoms with Crippen molar-refractivity contribution >= 4 is 81.8 Å².